The topological polar surface area (TPSA) is 32.3 Å². The maximum Gasteiger partial charge on any atom is 0.227 e. The zero-order valence-corrected chi connectivity index (χ0v) is 13.8. The Morgan fingerprint density at radius 1 is 1.32 bits per heavy atom. The molecule has 0 spiro atoms. The quantitative estimate of drug-likeness (QED) is 0.815. The molecule has 1 N–H and O–H groups in total. The number of carbonyl (C=O) groups excluding carboxylic acids is 1. The van der Waals surface area contributed by atoms with Crippen LogP contribution in [0.3, 0.4) is 0 Å². The third-order valence-electron chi connectivity index (χ3n) is 3.87. The van der Waals surface area contributed by atoms with Crippen molar-refractivity contribution in [2.75, 3.05) is 19.6 Å². The maximum absolute atomic E-state index is 12.7. The first kappa shape index (κ1) is 18.7. The van der Waals surface area contributed by atoms with Crippen molar-refractivity contribution in [1.29, 1.82) is 0 Å². The first-order valence-electron chi connectivity index (χ1n) is 7.61. The lowest BCUT2D eigenvalue weighted by Crippen LogP contribution is -2.48. The molecule has 3 nitrogen and oxygen atoms in total. The Bertz CT molecular complexity index is 249. The molecule has 0 aromatic rings. The second kappa shape index (κ2) is 9.60. The highest BCUT2D eigenvalue weighted by atomic mass is 35.5. The average Bonchev–Trinajstić information content (AvgIpc) is 2.38. The Morgan fingerprint density at radius 3 is 2.37 bits per heavy atom. The monoisotopic (exact) mass is 290 g/mol. The summed E-state index contributed by atoms with van der Waals surface area (Å²) < 4.78 is 0. The number of halogens is 1. The van der Waals surface area contributed by atoms with Crippen LogP contribution in [-0.4, -0.2) is 36.5 Å². The van der Waals surface area contributed by atoms with Crippen molar-refractivity contribution in [3.63, 3.8) is 0 Å². The third kappa shape index (κ3) is 5.70. The fourth-order valence-corrected chi connectivity index (χ4v) is 2.84. The molecule has 1 rings (SSSR count). The fraction of sp³-hybridized carbons (Fsp3) is 0.933. The zero-order chi connectivity index (χ0) is 13.5. The summed E-state index contributed by atoms with van der Waals surface area (Å²) in [6.07, 6.45) is 4.32. The Morgan fingerprint density at radius 2 is 1.95 bits per heavy atom. The van der Waals surface area contributed by atoms with Crippen molar-refractivity contribution in [3.8, 4) is 0 Å². The molecular weight excluding hydrogens is 260 g/mol. The lowest BCUT2D eigenvalue weighted by atomic mass is 9.96. The number of hydrogen-bond donors (Lipinski definition) is 1. The van der Waals surface area contributed by atoms with Gasteiger partial charge in [-0.1, -0.05) is 27.7 Å². The van der Waals surface area contributed by atoms with Crippen LogP contribution in [0.15, 0.2) is 0 Å². The Hall–Kier alpha value is -0.280. The van der Waals surface area contributed by atoms with Gasteiger partial charge in [-0.25, -0.2) is 0 Å². The van der Waals surface area contributed by atoms with E-state index >= 15 is 0 Å². The summed E-state index contributed by atoms with van der Waals surface area (Å²) in [7, 11) is 0. The number of rotatable bonds is 6. The molecule has 1 aliphatic rings. The minimum Gasteiger partial charge on any atom is -0.339 e. The van der Waals surface area contributed by atoms with E-state index in [1.54, 1.807) is 0 Å². The fourth-order valence-electron chi connectivity index (χ4n) is 2.84. The molecule has 1 heterocycles. The normalized spacial score (nSPS) is 19.4. The van der Waals surface area contributed by atoms with Crippen molar-refractivity contribution in [1.82, 2.24) is 10.2 Å². The van der Waals surface area contributed by atoms with Gasteiger partial charge in [0.1, 0.15) is 0 Å². The van der Waals surface area contributed by atoms with E-state index in [0.29, 0.717) is 17.9 Å². The van der Waals surface area contributed by atoms with Crippen molar-refractivity contribution >= 4 is 18.3 Å². The maximum atomic E-state index is 12.7. The molecule has 19 heavy (non-hydrogen) atoms. The predicted molar refractivity (Wildman–Crippen MR) is 83.8 cm³/mol. The number of hydrogen-bond acceptors (Lipinski definition) is 2. The Labute approximate surface area is 124 Å². The molecule has 0 aliphatic carbocycles. The van der Waals surface area contributed by atoms with Crippen LogP contribution in [0, 0.1) is 11.8 Å². The average molecular weight is 291 g/mol. The smallest absolute Gasteiger partial charge is 0.227 e. The van der Waals surface area contributed by atoms with Crippen LogP contribution in [0.4, 0.5) is 0 Å². The van der Waals surface area contributed by atoms with E-state index in [4.69, 9.17) is 0 Å². The molecule has 4 heteroatoms. The van der Waals surface area contributed by atoms with Gasteiger partial charge in [-0.05, 0) is 38.1 Å². The van der Waals surface area contributed by atoms with Gasteiger partial charge in [0, 0.05) is 19.1 Å². The van der Waals surface area contributed by atoms with Gasteiger partial charge in [0.05, 0.1) is 5.92 Å². The number of carbonyl (C=O) groups is 1. The van der Waals surface area contributed by atoms with Gasteiger partial charge in [-0.2, -0.15) is 0 Å². The first-order chi connectivity index (χ1) is 8.60. The first-order valence-corrected chi connectivity index (χ1v) is 7.61. The molecule has 0 bridgehead atoms. The summed E-state index contributed by atoms with van der Waals surface area (Å²) in [4.78, 5) is 14.8. The minimum absolute atomic E-state index is 0. The van der Waals surface area contributed by atoms with Gasteiger partial charge in [-0.3, -0.25) is 4.79 Å². The summed E-state index contributed by atoms with van der Waals surface area (Å²) >= 11 is 0. The molecule has 0 radical (unpaired) electrons. The highest BCUT2D eigenvalue weighted by molar-refractivity contribution is 5.85. The molecule has 1 fully saturated rings. The highest BCUT2D eigenvalue weighted by Crippen LogP contribution is 2.19. The van der Waals surface area contributed by atoms with E-state index in [9.17, 15) is 4.79 Å². The van der Waals surface area contributed by atoms with Gasteiger partial charge in [0.2, 0.25) is 5.91 Å². The molecule has 1 atom stereocenters. The van der Waals surface area contributed by atoms with Crippen LogP contribution in [-0.2, 0) is 4.79 Å². The van der Waals surface area contributed by atoms with E-state index in [1.165, 1.54) is 0 Å². The summed E-state index contributed by atoms with van der Waals surface area (Å²) in [6.45, 7) is 11.6. The third-order valence-corrected chi connectivity index (χ3v) is 3.87. The molecule has 1 aliphatic heterocycles. The largest absolute Gasteiger partial charge is 0.339 e. The predicted octanol–water partition coefficient (Wildman–Crippen LogP) is 3.08. The minimum atomic E-state index is 0. The molecular formula is C15H31ClN2O. The summed E-state index contributed by atoms with van der Waals surface area (Å²) in [5.74, 6) is 1.13. The molecule has 0 aromatic heterocycles. The lowest BCUT2D eigenvalue weighted by molar-refractivity contribution is -0.139. The Balaban J connectivity index is 0.00000324. The van der Waals surface area contributed by atoms with Crippen LogP contribution in [0.1, 0.15) is 53.4 Å². The lowest BCUT2D eigenvalue weighted by Gasteiger charge is -2.36. The van der Waals surface area contributed by atoms with E-state index in [0.717, 1.165) is 45.3 Å². The van der Waals surface area contributed by atoms with E-state index in [2.05, 4.69) is 37.9 Å². The van der Waals surface area contributed by atoms with E-state index < -0.39 is 0 Å². The van der Waals surface area contributed by atoms with Gasteiger partial charge in [0.15, 0.2) is 0 Å². The van der Waals surface area contributed by atoms with Crippen LogP contribution in [0.2, 0.25) is 0 Å². The molecule has 1 unspecified atom stereocenters. The summed E-state index contributed by atoms with van der Waals surface area (Å²) in [5.41, 5.74) is 0. The second-order valence-corrected chi connectivity index (χ2v) is 5.90. The van der Waals surface area contributed by atoms with Crippen LogP contribution in [0.5, 0.6) is 0 Å². The van der Waals surface area contributed by atoms with Crippen molar-refractivity contribution in [2.24, 2.45) is 11.8 Å². The van der Waals surface area contributed by atoms with E-state index in [1.807, 2.05) is 0 Å². The highest BCUT2D eigenvalue weighted by Gasteiger charge is 2.29. The van der Waals surface area contributed by atoms with Gasteiger partial charge < -0.3 is 10.2 Å². The van der Waals surface area contributed by atoms with Crippen LogP contribution in [0.25, 0.3) is 0 Å². The summed E-state index contributed by atoms with van der Waals surface area (Å²) in [6, 6.07) is 0.418. The number of nitrogens with zero attached hydrogens (tertiary/aromatic N) is 1. The summed E-state index contributed by atoms with van der Waals surface area (Å²) in [5, 5.41) is 3.35. The molecule has 0 aromatic carbocycles. The van der Waals surface area contributed by atoms with Crippen LogP contribution < -0.4 is 5.32 Å². The van der Waals surface area contributed by atoms with Gasteiger partial charge in [0.25, 0.3) is 0 Å². The number of amides is 1. The molecule has 1 saturated heterocycles. The molecule has 114 valence electrons. The zero-order valence-electron chi connectivity index (χ0n) is 12.9. The molecule has 1 amide bonds. The van der Waals surface area contributed by atoms with Crippen molar-refractivity contribution < 1.29 is 4.79 Å². The molecule has 0 saturated carbocycles. The number of nitrogens with one attached hydrogen (secondary N) is 1. The standard InChI is InChI=1S/C15H30N2O.ClH/c1-5-14(6-2)17(11-12(3)4)15(18)13-8-7-9-16-10-13;/h12-14,16H,5-11H2,1-4H3;1H. The van der Waals surface area contributed by atoms with Crippen LogP contribution >= 0.6 is 12.4 Å². The van der Waals surface area contributed by atoms with E-state index in [-0.39, 0.29) is 18.3 Å². The van der Waals surface area contributed by atoms with Crippen molar-refractivity contribution in [2.45, 2.75) is 59.4 Å². The van der Waals surface area contributed by atoms with Gasteiger partial charge in [-0.15, -0.1) is 12.4 Å². The van der Waals surface area contributed by atoms with Gasteiger partial charge >= 0.3 is 0 Å². The Kier molecular flexibility index (Phi) is 9.46. The second-order valence-electron chi connectivity index (χ2n) is 5.90. The van der Waals surface area contributed by atoms with Crippen molar-refractivity contribution in [3.05, 3.63) is 0 Å². The SMILES string of the molecule is CCC(CC)N(CC(C)C)C(=O)C1CCCNC1.Cl. The number of piperidine rings is 1.